The minimum Gasteiger partial charge on any atom is -0.369 e. The molecule has 174 valence electrons. The van der Waals surface area contributed by atoms with Gasteiger partial charge in [0.25, 0.3) is 0 Å². The van der Waals surface area contributed by atoms with Crippen LogP contribution in [0.4, 0.5) is 0 Å². The summed E-state index contributed by atoms with van der Waals surface area (Å²) in [4.78, 5) is 14.6. The third-order valence-corrected chi connectivity index (χ3v) is 7.99. The van der Waals surface area contributed by atoms with E-state index in [0.717, 1.165) is 31.4 Å². The van der Waals surface area contributed by atoms with Crippen molar-refractivity contribution in [2.24, 2.45) is 0 Å². The van der Waals surface area contributed by atoms with Gasteiger partial charge in [0.05, 0.1) is 11.6 Å². The molecule has 6 nitrogen and oxygen atoms in total. The van der Waals surface area contributed by atoms with E-state index in [9.17, 15) is 13.2 Å². The Hall–Kier alpha value is -1.48. The van der Waals surface area contributed by atoms with Crippen LogP contribution < -0.4 is 0 Å². The normalized spacial score (nSPS) is 15.3. The van der Waals surface area contributed by atoms with E-state index in [1.165, 1.54) is 16.4 Å². The highest BCUT2D eigenvalue weighted by atomic mass is 35.5. The maximum atomic E-state index is 13.0. The Morgan fingerprint density at radius 3 is 2.47 bits per heavy atom. The van der Waals surface area contributed by atoms with E-state index in [1.807, 2.05) is 37.2 Å². The second-order valence-corrected chi connectivity index (χ2v) is 10.9. The van der Waals surface area contributed by atoms with Gasteiger partial charge >= 0.3 is 0 Å². The van der Waals surface area contributed by atoms with E-state index < -0.39 is 10.0 Å². The van der Waals surface area contributed by atoms with Gasteiger partial charge in [0.2, 0.25) is 10.0 Å². The predicted octanol–water partition coefficient (Wildman–Crippen LogP) is 4.63. The summed E-state index contributed by atoms with van der Waals surface area (Å²) in [6.45, 7) is 1.56. The number of benzene rings is 2. The molecule has 32 heavy (non-hydrogen) atoms. The van der Waals surface area contributed by atoms with E-state index in [1.54, 1.807) is 6.07 Å². The fraction of sp³-hybridized carbons (Fsp3) is 0.435. The van der Waals surface area contributed by atoms with Gasteiger partial charge in [0, 0.05) is 30.2 Å². The van der Waals surface area contributed by atoms with Crippen LogP contribution in [-0.4, -0.2) is 57.2 Å². The third kappa shape index (κ3) is 6.31. The number of ether oxygens (including phenoxy) is 1. The molecule has 0 aromatic heterocycles. The first kappa shape index (κ1) is 25.1. The summed E-state index contributed by atoms with van der Waals surface area (Å²) in [5.74, 6) is -0.156. The van der Waals surface area contributed by atoms with Gasteiger partial charge in [-0.05, 0) is 56.3 Å². The fourth-order valence-electron chi connectivity index (χ4n) is 3.67. The van der Waals surface area contributed by atoms with E-state index in [0.29, 0.717) is 29.2 Å². The van der Waals surface area contributed by atoms with Gasteiger partial charge in [-0.3, -0.25) is 4.79 Å². The first-order valence-electron chi connectivity index (χ1n) is 10.5. The molecule has 1 saturated heterocycles. The molecule has 2 aromatic rings. The van der Waals surface area contributed by atoms with Crippen molar-refractivity contribution in [3.8, 4) is 0 Å². The Morgan fingerprint density at radius 1 is 1.06 bits per heavy atom. The van der Waals surface area contributed by atoms with Crippen molar-refractivity contribution in [2.45, 2.75) is 37.3 Å². The number of carbonyl (C=O) groups excluding carboxylic acids is 1. The topological polar surface area (TPSA) is 66.9 Å². The summed E-state index contributed by atoms with van der Waals surface area (Å²) in [5.41, 5.74) is 2.08. The molecule has 0 saturated carbocycles. The van der Waals surface area contributed by atoms with Gasteiger partial charge in [-0.2, -0.15) is 4.31 Å². The highest BCUT2D eigenvalue weighted by Gasteiger charge is 2.29. The van der Waals surface area contributed by atoms with Gasteiger partial charge in [0.15, 0.2) is 5.78 Å². The number of sulfonamides is 1. The number of nitrogens with zero attached hydrogens (tertiary/aromatic N) is 2. The summed E-state index contributed by atoms with van der Waals surface area (Å²) in [7, 11) is 0.216. The molecule has 0 unspecified atom stereocenters. The Kier molecular flexibility index (Phi) is 8.72. The molecular formula is C23H28Cl2N2O4S. The number of carbonyl (C=O) groups is 1. The van der Waals surface area contributed by atoms with Crippen LogP contribution in [0.3, 0.4) is 0 Å². The average molecular weight is 499 g/mol. The Morgan fingerprint density at radius 2 is 1.78 bits per heavy atom. The van der Waals surface area contributed by atoms with E-state index in [4.69, 9.17) is 27.9 Å². The molecule has 0 bridgehead atoms. The van der Waals surface area contributed by atoms with Gasteiger partial charge in [-0.15, -0.1) is 0 Å². The largest absolute Gasteiger partial charge is 0.369 e. The lowest BCUT2D eigenvalue weighted by atomic mass is 10.1. The molecule has 0 aliphatic carbocycles. The maximum absolute atomic E-state index is 13.0. The highest BCUT2D eigenvalue weighted by molar-refractivity contribution is 7.89. The summed E-state index contributed by atoms with van der Waals surface area (Å²) >= 11 is 12.5. The van der Waals surface area contributed by atoms with Crippen molar-refractivity contribution in [3.63, 3.8) is 0 Å². The molecule has 9 heteroatoms. The first-order chi connectivity index (χ1) is 15.2. The standard InChI is InChI=1S/C23H28Cl2N2O4S/c1-26(2)14-17-7-6-8-18(11-17)22(28)16-31-15-19-12-23(21(25)13-20(19)24)32(29,30)27-9-4-3-5-10-27/h6-8,11-13H,3-5,9-10,14-16H2,1-2H3. The Balaban J connectivity index is 1.69. The molecule has 2 aromatic carbocycles. The molecule has 1 fully saturated rings. The van der Waals surface area contributed by atoms with Crippen LogP contribution in [-0.2, 0) is 27.9 Å². The lowest BCUT2D eigenvalue weighted by Crippen LogP contribution is -2.35. The lowest BCUT2D eigenvalue weighted by Gasteiger charge is -2.26. The number of rotatable bonds is 9. The SMILES string of the molecule is CN(C)Cc1cccc(C(=O)COCc2cc(S(=O)(=O)N3CCCCC3)c(Cl)cc2Cl)c1. The van der Waals surface area contributed by atoms with E-state index >= 15 is 0 Å². The van der Waals surface area contributed by atoms with Gasteiger partial charge in [-0.1, -0.05) is 47.8 Å². The van der Waals surface area contributed by atoms with Crippen LogP contribution >= 0.6 is 23.2 Å². The quantitative estimate of drug-likeness (QED) is 0.471. The van der Waals surface area contributed by atoms with Crippen LogP contribution in [0.1, 0.15) is 40.7 Å². The van der Waals surface area contributed by atoms with Crippen molar-refractivity contribution in [1.82, 2.24) is 9.21 Å². The molecule has 0 amide bonds. The number of halogens is 2. The van der Waals surface area contributed by atoms with E-state index in [-0.39, 0.29) is 28.9 Å². The smallest absolute Gasteiger partial charge is 0.244 e. The molecule has 1 aliphatic heterocycles. The summed E-state index contributed by atoms with van der Waals surface area (Å²) in [6, 6.07) is 10.3. The fourth-order valence-corrected chi connectivity index (χ4v) is 6.01. The summed E-state index contributed by atoms with van der Waals surface area (Å²) in [5, 5.41) is 0.381. The van der Waals surface area contributed by atoms with Gasteiger partial charge in [-0.25, -0.2) is 8.42 Å². The van der Waals surface area contributed by atoms with Crippen molar-refractivity contribution < 1.29 is 17.9 Å². The molecule has 0 radical (unpaired) electrons. The predicted molar refractivity (Wildman–Crippen MR) is 127 cm³/mol. The second-order valence-electron chi connectivity index (χ2n) is 8.19. The Labute approximate surface area is 200 Å². The lowest BCUT2D eigenvalue weighted by molar-refractivity contribution is 0.0726. The molecule has 0 spiro atoms. The van der Waals surface area contributed by atoms with Gasteiger partial charge < -0.3 is 9.64 Å². The number of hydrogen-bond donors (Lipinski definition) is 0. The van der Waals surface area contributed by atoms with Crippen molar-refractivity contribution in [1.29, 1.82) is 0 Å². The van der Waals surface area contributed by atoms with Crippen molar-refractivity contribution >= 4 is 39.0 Å². The first-order valence-corrected chi connectivity index (χ1v) is 12.7. The molecular weight excluding hydrogens is 471 g/mol. The molecule has 3 rings (SSSR count). The monoisotopic (exact) mass is 498 g/mol. The maximum Gasteiger partial charge on any atom is 0.244 e. The van der Waals surface area contributed by atoms with Crippen molar-refractivity contribution in [2.75, 3.05) is 33.8 Å². The van der Waals surface area contributed by atoms with Crippen LogP contribution in [0, 0.1) is 0 Å². The third-order valence-electron chi connectivity index (χ3n) is 5.27. The number of ketones is 1. The van der Waals surface area contributed by atoms with Crippen LogP contribution in [0.2, 0.25) is 10.0 Å². The van der Waals surface area contributed by atoms with Gasteiger partial charge in [0.1, 0.15) is 11.5 Å². The Bertz CT molecular complexity index is 1070. The zero-order chi connectivity index (χ0) is 23.3. The minimum atomic E-state index is -3.71. The van der Waals surface area contributed by atoms with Crippen LogP contribution in [0.15, 0.2) is 41.3 Å². The molecule has 1 heterocycles. The highest BCUT2D eigenvalue weighted by Crippen LogP contribution is 2.32. The molecule has 1 aliphatic rings. The van der Waals surface area contributed by atoms with Crippen molar-refractivity contribution in [3.05, 3.63) is 63.1 Å². The van der Waals surface area contributed by atoms with Crippen LogP contribution in [0.5, 0.6) is 0 Å². The molecule has 0 N–H and O–H groups in total. The summed E-state index contributed by atoms with van der Waals surface area (Å²) < 4.78 is 33.1. The minimum absolute atomic E-state index is 0.00164. The zero-order valence-corrected chi connectivity index (χ0v) is 20.6. The number of hydrogen-bond acceptors (Lipinski definition) is 5. The second kappa shape index (κ2) is 11.1. The number of Topliss-reactive ketones (excluding diaryl/α,β-unsaturated/α-hetero) is 1. The summed E-state index contributed by atoms with van der Waals surface area (Å²) in [6.07, 6.45) is 2.68. The van der Waals surface area contributed by atoms with Crippen LogP contribution in [0.25, 0.3) is 0 Å². The average Bonchev–Trinajstić information content (AvgIpc) is 2.75. The van der Waals surface area contributed by atoms with E-state index in [2.05, 4.69) is 0 Å². The number of piperidine rings is 1. The zero-order valence-electron chi connectivity index (χ0n) is 18.3. The molecule has 0 atom stereocenters.